The summed E-state index contributed by atoms with van der Waals surface area (Å²) in [5.41, 5.74) is 0.240. The van der Waals surface area contributed by atoms with Crippen molar-refractivity contribution in [2.75, 3.05) is 12.4 Å². The summed E-state index contributed by atoms with van der Waals surface area (Å²) in [6, 6.07) is 0. The maximum atomic E-state index is 12.8. The van der Waals surface area contributed by atoms with E-state index >= 15 is 0 Å². The van der Waals surface area contributed by atoms with Crippen molar-refractivity contribution in [1.82, 2.24) is 4.98 Å². The van der Waals surface area contributed by atoms with Gasteiger partial charge in [0.15, 0.2) is 5.13 Å². The number of methoxy groups -OCH3 is 1. The largest absolute Gasteiger partial charge is 0.469 e. The van der Waals surface area contributed by atoms with Gasteiger partial charge < -0.3 is 10.1 Å². The number of carbonyl (C=O) groups is 2. The van der Waals surface area contributed by atoms with Gasteiger partial charge in [0.05, 0.1) is 28.9 Å². The maximum absolute atomic E-state index is 12.8. The molecule has 2 bridgehead atoms. The Morgan fingerprint density at radius 3 is 2.59 bits per heavy atom. The van der Waals surface area contributed by atoms with Gasteiger partial charge in [-0.25, -0.2) is 4.98 Å². The predicted molar refractivity (Wildman–Crippen MR) is 85.3 cm³/mol. The molecule has 1 amide bonds. The summed E-state index contributed by atoms with van der Waals surface area (Å²) in [7, 11) is 1.42. The van der Waals surface area contributed by atoms with Gasteiger partial charge in [0.25, 0.3) is 0 Å². The molecule has 1 heterocycles. The van der Waals surface area contributed by atoms with Crippen LogP contribution in [0.1, 0.15) is 25.7 Å². The van der Waals surface area contributed by atoms with Crippen LogP contribution in [0.4, 0.5) is 5.13 Å². The summed E-state index contributed by atoms with van der Waals surface area (Å²) >= 11 is 4.73. The Labute approximate surface area is 141 Å². The molecule has 118 valence electrons. The lowest BCUT2D eigenvalue weighted by Crippen LogP contribution is -2.38. The first-order chi connectivity index (χ1) is 10.6. The van der Waals surface area contributed by atoms with Crippen LogP contribution in [0.3, 0.4) is 0 Å². The van der Waals surface area contributed by atoms with Crippen molar-refractivity contribution < 1.29 is 14.3 Å². The second-order valence-corrected chi connectivity index (χ2v) is 8.97. The summed E-state index contributed by atoms with van der Waals surface area (Å²) in [6.45, 7) is 0. The molecule has 5 nitrogen and oxygen atoms in total. The molecule has 22 heavy (non-hydrogen) atoms. The first-order valence-electron chi connectivity index (χ1n) is 7.57. The molecule has 4 rings (SSSR count). The number of rotatable bonds is 3. The SMILES string of the molecule is COC(=O)[C@H]1C(C(=O)Nc2ncc(Br)s2)[C@@H]2CC[C@H]1C21CC1. The highest BCUT2D eigenvalue weighted by molar-refractivity contribution is 9.11. The molecule has 0 aliphatic heterocycles. The molecule has 7 heteroatoms. The van der Waals surface area contributed by atoms with Gasteiger partial charge in [-0.05, 0) is 58.9 Å². The highest BCUT2D eigenvalue weighted by atomic mass is 79.9. The number of aromatic nitrogens is 1. The maximum Gasteiger partial charge on any atom is 0.309 e. The third kappa shape index (κ3) is 1.98. The molecule has 1 unspecified atom stereocenters. The van der Waals surface area contributed by atoms with Crippen molar-refractivity contribution in [2.24, 2.45) is 29.1 Å². The quantitative estimate of drug-likeness (QED) is 0.813. The van der Waals surface area contributed by atoms with Gasteiger partial charge in [-0.15, -0.1) is 0 Å². The fraction of sp³-hybridized carbons (Fsp3) is 0.667. The standard InChI is InChI=1S/C15H17BrN2O3S/c1-21-13(20)11-8-3-2-7(15(8)4-5-15)10(11)12(19)18-14-17-6-9(16)22-14/h6-8,10-11H,2-5H2,1H3,(H,17,18,19)/t7-,8+,10?,11+/m0/s1. The number of ether oxygens (including phenoxy) is 1. The van der Waals surface area contributed by atoms with E-state index in [1.807, 2.05) is 0 Å². The number of amides is 1. The Morgan fingerprint density at radius 2 is 2.05 bits per heavy atom. The van der Waals surface area contributed by atoms with Crippen LogP contribution in [0.5, 0.6) is 0 Å². The Balaban J connectivity index is 1.61. The van der Waals surface area contributed by atoms with Crippen molar-refractivity contribution in [3.63, 3.8) is 0 Å². The number of anilines is 1. The Hall–Kier alpha value is -0.950. The van der Waals surface area contributed by atoms with Crippen molar-refractivity contribution in [3.05, 3.63) is 9.98 Å². The van der Waals surface area contributed by atoms with E-state index in [9.17, 15) is 9.59 Å². The van der Waals surface area contributed by atoms with Gasteiger partial charge in [-0.2, -0.15) is 0 Å². The smallest absolute Gasteiger partial charge is 0.309 e. The second-order valence-electron chi connectivity index (χ2n) is 6.56. The number of esters is 1. The van der Waals surface area contributed by atoms with E-state index in [0.29, 0.717) is 17.0 Å². The number of hydrogen-bond donors (Lipinski definition) is 1. The van der Waals surface area contributed by atoms with Gasteiger partial charge in [0.2, 0.25) is 5.91 Å². The molecular formula is C15H17BrN2O3S. The van der Waals surface area contributed by atoms with E-state index in [2.05, 4.69) is 26.2 Å². The van der Waals surface area contributed by atoms with Gasteiger partial charge in [-0.3, -0.25) is 9.59 Å². The van der Waals surface area contributed by atoms with Crippen molar-refractivity contribution in [2.45, 2.75) is 25.7 Å². The molecule has 1 N–H and O–H groups in total. The lowest BCUT2D eigenvalue weighted by atomic mass is 9.78. The van der Waals surface area contributed by atoms with Gasteiger partial charge in [0, 0.05) is 0 Å². The molecule has 0 radical (unpaired) electrons. The molecule has 3 fully saturated rings. The zero-order valence-electron chi connectivity index (χ0n) is 12.2. The van der Waals surface area contributed by atoms with E-state index in [0.717, 1.165) is 29.5 Å². The van der Waals surface area contributed by atoms with E-state index in [1.54, 1.807) is 6.20 Å². The number of carbonyl (C=O) groups excluding carboxylic acids is 2. The summed E-state index contributed by atoms with van der Waals surface area (Å²) in [5, 5.41) is 3.47. The van der Waals surface area contributed by atoms with Crippen LogP contribution in [0.25, 0.3) is 0 Å². The number of hydrogen-bond acceptors (Lipinski definition) is 5. The van der Waals surface area contributed by atoms with Gasteiger partial charge in [0.1, 0.15) is 0 Å². The average Bonchev–Trinajstić information content (AvgIpc) is 3.00. The minimum atomic E-state index is -0.283. The van der Waals surface area contributed by atoms with Gasteiger partial charge in [-0.1, -0.05) is 11.3 Å². The zero-order chi connectivity index (χ0) is 15.5. The van der Waals surface area contributed by atoms with Crippen LogP contribution in [0, 0.1) is 29.1 Å². The topological polar surface area (TPSA) is 68.3 Å². The molecule has 3 saturated carbocycles. The first kappa shape index (κ1) is 14.6. The summed E-state index contributed by atoms with van der Waals surface area (Å²) in [6.07, 6.45) is 6.08. The van der Waals surface area contributed by atoms with Gasteiger partial charge >= 0.3 is 5.97 Å². The van der Waals surface area contributed by atoms with Crippen LogP contribution in [-0.4, -0.2) is 24.0 Å². The average molecular weight is 385 g/mol. The van der Waals surface area contributed by atoms with E-state index in [4.69, 9.17) is 4.74 Å². The summed E-state index contributed by atoms with van der Waals surface area (Å²) < 4.78 is 5.88. The lowest BCUT2D eigenvalue weighted by molar-refractivity contribution is -0.151. The fourth-order valence-electron chi connectivity index (χ4n) is 4.96. The van der Waals surface area contributed by atoms with Crippen molar-refractivity contribution in [3.8, 4) is 0 Å². The first-order valence-corrected chi connectivity index (χ1v) is 9.18. The normalized spacial score (nSPS) is 33.9. The molecule has 4 atom stereocenters. The second kappa shape index (κ2) is 5.03. The Kier molecular flexibility index (Phi) is 3.34. The number of halogens is 1. The molecule has 3 aliphatic carbocycles. The zero-order valence-corrected chi connectivity index (χ0v) is 14.6. The minimum absolute atomic E-state index is 0.0734. The van der Waals surface area contributed by atoms with E-state index in [1.165, 1.54) is 18.4 Å². The highest BCUT2D eigenvalue weighted by Gasteiger charge is 2.71. The number of nitrogens with zero attached hydrogens (tertiary/aromatic N) is 1. The van der Waals surface area contributed by atoms with Crippen LogP contribution >= 0.6 is 27.3 Å². The van der Waals surface area contributed by atoms with Crippen LogP contribution in [0.15, 0.2) is 9.98 Å². The van der Waals surface area contributed by atoms with E-state index < -0.39 is 0 Å². The fourth-order valence-corrected chi connectivity index (χ4v) is 6.07. The Bertz CT molecular complexity index is 642. The molecule has 1 aromatic rings. The van der Waals surface area contributed by atoms with Crippen molar-refractivity contribution in [1.29, 1.82) is 0 Å². The lowest BCUT2D eigenvalue weighted by Gasteiger charge is -2.27. The third-order valence-corrected chi connectivity index (χ3v) is 7.22. The molecule has 1 aromatic heterocycles. The molecular weight excluding hydrogens is 368 g/mol. The van der Waals surface area contributed by atoms with Crippen LogP contribution in [0.2, 0.25) is 0 Å². The molecule has 3 aliphatic rings. The molecule has 0 aromatic carbocycles. The number of thiazole rings is 1. The number of nitrogens with one attached hydrogen (secondary N) is 1. The molecule has 1 spiro atoms. The third-order valence-electron chi connectivity index (χ3n) is 5.83. The van der Waals surface area contributed by atoms with Crippen molar-refractivity contribution >= 4 is 44.3 Å². The highest BCUT2D eigenvalue weighted by Crippen LogP contribution is 2.74. The summed E-state index contributed by atoms with van der Waals surface area (Å²) in [5.74, 6) is -0.200. The summed E-state index contributed by atoms with van der Waals surface area (Å²) in [4.78, 5) is 29.2. The monoisotopic (exact) mass is 384 g/mol. The van der Waals surface area contributed by atoms with Crippen LogP contribution in [-0.2, 0) is 14.3 Å². The van der Waals surface area contributed by atoms with Crippen LogP contribution < -0.4 is 5.32 Å². The van der Waals surface area contributed by atoms with E-state index in [-0.39, 0.29) is 29.1 Å². The predicted octanol–water partition coefficient (Wildman–Crippen LogP) is 3.07. The minimum Gasteiger partial charge on any atom is -0.469 e. The molecule has 0 saturated heterocycles. The Morgan fingerprint density at radius 1 is 1.36 bits per heavy atom.